The van der Waals surface area contributed by atoms with Crippen molar-refractivity contribution in [3.8, 4) is 17.2 Å². The minimum atomic E-state index is -0.638. The average Bonchev–Trinajstić information content (AvgIpc) is 3.05. The van der Waals surface area contributed by atoms with E-state index in [0.29, 0.717) is 11.5 Å². The third kappa shape index (κ3) is 2.54. The van der Waals surface area contributed by atoms with Crippen molar-refractivity contribution < 1.29 is 19.0 Å². The first-order valence-corrected chi connectivity index (χ1v) is 8.14. The molecular formula is C19H20N2O4. The van der Waals surface area contributed by atoms with Crippen molar-refractivity contribution in [1.82, 2.24) is 0 Å². The van der Waals surface area contributed by atoms with Crippen LogP contribution in [-0.4, -0.2) is 19.8 Å². The Hall–Kier alpha value is -2.89. The van der Waals surface area contributed by atoms with Gasteiger partial charge in [-0.25, -0.2) is 0 Å². The lowest BCUT2D eigenvalue weighted by molar-refractivity contribution is -0.125. The van der Waals surface area contributed by atoms with Gasteiger partial charge in [-0.1, -0.05) is 0 Å². The fraction of sp³-hybridized carbons (Fsp3) is 0.316. The van der Waals surface area contributed by atoms with Crippen molar-refractivity contribution in [1.29, 1.82) is 0 Å². The quantitative estimate of drug-likeness (QED) is 0.894. The zero-order valence-electron chi connectivity index (χ0n) is 14.4. The molecule has 2 heterocycles. The molecule has 0 saturated carbocycles. The van der Waals surface area contributed by atoms with Gasteiger partial charge in [0, 0.05) is 23.0 Å². The molecule has 2 aliphatic rings. The van der Waals surface area contributed by atoms with Gasteiger partial charge in [-0.05, 0) is 44.2 Å². The zero-order valence-corrected chi connectivity index (χ0v) is 14.4. The van der Waals surface area contributed by atoms with E-state index in [9.17, 15) is 4.79 Å². The van der Waals surface area contributed by atoms with Crippen LogP contribution in [0.4, 0.5) is 11.4 Å². The number of anilines is 2. The lowest BCUT2D eigenvalue weighted by Gasteiger charge is -2.39. The summed E-state index contributed by atoms with van der Waals surface area (Å²) in [6, 6.07) is 11.2. The summed E-state index contributed by atoms with van der Waals surface area (Å²) in [5.74, 6) is 2.11. The highest BCUT2D eigenvalue weighted by Gasteiger charge is 2.43. The van der Waals surface area contributed by atoms with Gasteiger partial charge in [0.15, 0.2) is 11.5 Å². The highest BCUT2D eigenvalue weighted by atomic mass is 16.7. The van der Waals surface area contributed by atoms with Crippen LogP contribution >= 0.6 is 0 Å². The van der Waals surface area contributed by atoms with Crippen LogP contribution in [0.3, 0.4) is 0 Å². The Kier molecular flexibility index (Phi) is 3.49. The van der Waals surface area contributed by atoms with Gasteiger partial charge in [-0.3, -0.25) is 4.79 Å². The van der Waals surface area contributed by atoms with Crippen LogP contribution in [0.15, 0.2) is 36.4 Å². The summed E-state index contributed by atoms with van der Waals surface area (Å²) in [6.07, 6.45) is 0. The van der Waals surface area contributed by atoms with E-state index < -0.39 is 5.41 Å². The van der Waals surface area contributed by atoms with Crippen LogP contribution < -0.4 is 24.8 Å². The Morgan fingerprint density at radius 2 is 1.84 bits per heavy atom. The molecule has 25 heavy (non-hydrogen) atoms. The van der Waals surface area contributed by atoms with Crippen molar-refractivity contribution in [3.05, 3.63) is 42.0 Å². The Balaban J connectivity index is 1.75. The first-order valence-electron chi connectivity index (χ1n) is 8.14. The highest BCUT2D eigenvalue weighted by molar-refractivity contribution is 5.99. The molecule has 4 rings (SSSR count). The predicted octanol–water partition coefficient (Wildman–Crippen LogP) is 3.56. The van der Waals surface area contributed by atoms with Crippen molar-refractivity contribution in [3.63, 3.8) is 0 Å². The van der Waals surface area contributed by atoms with Crippen LogP contribution in [0, 0.1) is 5.41 Å². The van der Waals surface area contributed by atoms with Crippen LogP contribution in [0.25, 0.3) is 0 Å². The topological polar surface area (TPSA) is 68.8 Å². The summed E-state index contributed by atoms with van der Waals surface area (Å²) >= 11 is 0. The van der Waals surface area contributed by atoms with Gasteiger partial charge in [0.25, 0.3) is 0 Å². The summed E-state index contributed by atoms with van der Waals surface area (Å²) in [6.45, 7) is 4.06. The summed E-state index contributed by atoms with van der Waals surface area (Å²) in [4.78, 5) is 12.6. The first-order chi connectivity index (χ1) is 12.0. The molecule has 2 aromatic carbocycles. The third-order valence-corrected chi connectivity index (χ3v) is 4.81. The summed E-state index contributed by atoms with van der Waals surface area (Å²) < 4.78 is 16.1. The summed E-state index contributed by atoms with van der Waals surface area (Å²) in [5, 5.41) is 6.47. The number of hydrogen-bond donors (Lipinski definition) is 2. The molecule has 0 fully saturated rings. The number of methoxy groups -OCH3 is 1. The van der Waals surface area contributed by atoms with E-state index in [1.165, 1.54) is 0 Å². The fourth-order valence-electron chi connectivity index (χ4n) is 3.22. The lowest BCUT2D eigenvalue weighted by Crippen LogP contribution is -2.43. The summed E-state index contributed by atoms with van der Waals surface area (Å²) in [5.41, 5.74) is 2.00. The van der Waals surface area contributed by atoms with E-state index in [1.54, 1.807) is 7.11 Å². The summed E-state index contributed by atoms with van der Waals surface area (Å²) in [7, 11) is 1.63. The maximum Gasteiger partial charge on any atom is 0.232 e. The lowest BCUT2D eigenvalue weighted by atomic mass is 9.76. The van der Waals surface area contributed by atoms with Crippen LogP contribution in [0.2, 0.25) is 0 Å². The first kappa shape index (κ1) is 15.6. The smallest absolute Gasteiger partial charge is 0.232 e. The molecule has 2 aliphatic heterocycles. The van der Waals surface area contributed by atoms with E-state index in [4.69, 9.17) is 14.2 Å². The van der Waals surface area contributed by atoms with E-state index >= 15 is 0 Å². The molecule has 0 bridgehead atoms. The maximum absolute atomic E-state index is 12.6. The minimum absolute atomic E-state index is 0.0372. The van der Waals surface area contributed by atoms with Crippen molar-refractivity contribution in [2.24, 2.45) is 5.41 Å². The molecule has 1 amide bonds. The number of carbonyl (C=O) groups is 1. The molecule has 1 unspecified atom stereocenters. The largest absolute Gasteiger partial charge is 0.497 e. The normalized spacial score (nSPS) is 19.8. The third-order valence-electron chi connectivity index (χ3n) is 4.81. The predicted molar refractivity (Wildman–Crippen MR) is 94.3 cm³/mol. The second kappa shape index (κ2) is 5.58. The maximum atomic E-state index is 12.6. The number of benzene rings is 2. The average molecular weight is 340 g/mol. The Bertz CT molecular complexity index is 830. The Morgan fingerprint density at radius 3 is 2.52 bits per heavy atom. The number of rotatable bonds is 3. The highest BCUT2D eigenvalue weighted by Crippen LogP contribution is 2.48. The molecule has 0 saturated heterocycles. The second-order valence-electron chi connectivity index (χ2n) is 6.77. The molecule has 0 aliphatic carbocycles. The van der Waals surface area contributed by atoms with Crippen LogP contribution in [0.1, 0.15) is 25.5 Å². The number of hydrogen-bond acceptors (Lipinski definition) is 5. The van der Waals surface area contributed by atoms with Gasteiger partial charge < -0.3 is 24.8 Å². The number of nitrogens with one attached hydrogen (secondary N) is 2. The van der Waals surface area contributed by atoms with E-state index in [2.05, 4.69) is 10.6 Å². The fourth-order valence-corrected chi connectivity index (χ4v) is 3.22. The van der Waals surface area contributed by atoms with Crippen molar-refractivity contribution >= 4 is 17.3 Å². The number of ether oxygens (including phenoxy) is 3. The Morgan fingerprint density at radius 1 is 1.16 bits per heavy atom. The van der Waals surface area contributed by atoms with Gasteiger partial charge in [0.05, 0.1) is 18.6 Å². The van der Waals surface area contributed by atoms with E-state index in [-0.39, 0.29) is 18.7 Å². The molecule has 2 aromatic rings. The van der Waals surface area contributed by atoms with Gasteiger partial charge in [-0.15, -0.1) is 0 Å². The molecule has 130 valence electrons. The number of fused-ring (bicyclic) bond motifs is 2. The van der Waals surface area contributed by atoms with Crippen molar-refractivity contribution in [2.45, 2.75) is 19.9 Å². The van der Waals surface area contributed by atoms with Crippen LogP contribution in [0.5, 0.6) is 17.2 Å². The second-order valence-corrected chi connectivity index (χ2v) is 6.77. The minimum Gasteiger partial charge on any atom is -0.497 e. The zero-order chi connectivity index (χ0) is 17.6. The molecule has 6 heteroatoms. The Labute approximate surface area is 146 Å². The molecule has 1 atom stereocenters. The van der Waals surface area contributed by atoms with Crippen molar-refractivity contribution in [2.75, 3.05) is 24.5 Å². The monoisotopic (exact) mass is 340 g/mol. The molecule has 6 nitrogen and oxygen atoms in total. The van der Waals surface area contributed by atoms with E-state index in [0.717, 1.165) is 22.7 Å². The molecule has 2 N–H and O–H groups in total. The molecule has 0 radical (unpaired) electrons. The number of amides is 1. The van der Waals surface area contributed by atoms with Gasteiger partial charge in [0.1, 0.15) is 5.75 Å². The van der Waals surface area contributed by atoms with E-state index in [1.807, 2.05) is 50.2 Å². The SMILES string of the molecule is COc1ccc(NC2c3cc4c(cc3NC(=O)C2(C)C)OCO4)cc1. The number of carbonyl (C=O) groups excluding carboxylic acids is 1. The van der Waals surface area contributed by atoms with Gasteiger partial charge in [0.2, 0.25) is 12.7 Å². The molecule has 0 aromatic heterocycles. The standard InChI is InChI=1S/C19H20N2O4/c1-19(2)17(20-11-4-6-12(23-3)7-5-11)13-8-15-16(25-10-24-15)9-14(13)21-18(19)22/h4-9,17,20H,10H2,1-3H3,(H,21,22). The molecule has 0 spiro atoms. The van der Waals surface area contributed by atoms with Crippen LogP contribution in [-0.2, 0) is 4.79 Å². The molecular weight excluding hydrogens is 320 g/mol. The van der Waals surface area contributed by atoms with Gasteiger partial charge in [-0.2, -0.15) is 0 Å². The van der Waals surface area contributed by atoms with Gasteiger partial charge >= 0.3 is 0 Å².